The van der Waals surface area contributed by atoms with Gasteiger partial charge in [0, 0.05) is 28.3 Å². The summed E-state index contributed by atoms with van der Waals surface area (Å²) in [7, 11) is 0. The Morgan fingerprint density at radius 2 is 1.46 bits per heavy atom. The Kier molecular flexibility index (Phi) is 4.52. The Bertz CT molecular complexity index is 845. The maximum atomic E-state index is 12.3. The molecule has 0 radical (unpaired) electrons. The van der Waals surface area contributed by atoms with Crippen LogP contribution in [0.3, 0.4) is 0 Å². The van der Waals surface area contributed by atoms with Gasteiger partial charge >= 0.3 is 0 Å². The standard InChI is InChI=1S/C19H18N4O/c1-13-14(2)20-12-21-18(13)19(24)23-17-10-8-16(9-11-17)22-15-6-4-3-5-7-15/h3-12,22H,1-2H3,(H,23,24). The summed E-state index contributed by atoms with van der Waals surface area (Å²) in [6.07, 6.45) is 1.41. The monoisotopic (exact) mass is 318 g/mol. The molecule has 0 bridgehead atoms. The molecule has 2 aromatic carbocycles. The first-order valence-electron chi connectivity index (χ1n) is 7.65. The molecule has 0 saturated carbocycles. The van der Waals surface area contributed by atoms with Crippen molar-refractivity contribution in [1.82, 2.24) is 9.97 Å². The Morgan fingerprint density at radius 3 is 2.17 bits per heavy atom. The summed E-state index contributed by atoms with van der Waals surface area (Å²) in [5, 5.41) is 6.16. The highest BCUT2D eigenvalue weighted by Crippen LogP contribution is 2.19. The van der Waals surface area contributed by atoms with E-state index in [0.29, 0.717) is 11.4 Å². The van der Waals surface area contributed by atoms with Gasteiger partial charge in [-0.1, -0.05) is 18.2 Å². The highest BCUT2D eigenvalue weighted by molar-refractivity contribution is 6.03. The second-order valence-corrected chi connectivity index (χ2v) is 5.46. The van der Waals surface area contributed by atoms with E-state index in [2.05, 4.69) is 20.6 Å². The van der Waals surface area contributed by atoms with Crippen LogP contribution in [-0.4, -0.2) is 15.9 Å². The molecule has 0 atom stereocenters. The van der Waals surface area contributed by atoms with Gasteiger partial charge in [-0.15, -0.1) is 0 Å². The molecule has 0 aliphatic heterocycles. The van der Waals surface area contributed by atoms with Gasteiger partial charge in [0.2, 0.25) is 0 Å². The lowest BCUT2D eigenvalue weighted by Crippen LogP contribution is -2.16. The fourth-order valence-corrected chi connectivity index (χ4v) is 2.28. The lowest BCUT2D eigenvalue weighted by molar-refractivity contribution is 0.102. The summed E-state index contributed by atoms with van der Waals surface area (Å²) >= 11 is 0. The van der Waals surface area contributed by atoms with Crippen LogP contribution in [0, 0.1) is 13.8 Å². The smallest absolute Gasteiger partial charge is 0.274 e. The fraction of sp³-hybridized carbons (Fsp3) is 0.105. The Labute approximate surface area is 140 Å². The van der Waals surface area contributed by atoms with E-state index in [9.17, 15) is 4.79 Å². The van der Waals surface area contributed by atoms with Crippen molar-refractivity contribution in [3.8, 4) is 0 Å². The molecule has 1 aromatic heterocycles. The van der Waals surface area contributed by atoms with E-state index < -0.39 is 0 Å². The molecule has 3 rings (SSSR count). The third-order valence-corrected chi connectivity index (χ3v) is 3.76. The number of aromatic nitrogens is 2. The maximum Gasteiger partial charge on any atom is 0.274 e. The van der Waals surface area contributed by atoms with Gasteiger partial charge in [0.15, 0.2) is 0 Å². The normalized spacial score (nSPS) is 10.2. The van der Waals surface area contributed by atoms with Crippen LogP contribution in [-0.2, 0) is 0 Å². The van der Waals surface area contributed by atoms with E-state index in [1.165, 1.54) is 6.33 Å². The molecule has 0 spiro atoms. The minimum absolute atomic E-state index is 0.234. The van der Waals surface area contributed by atoms with Crippen molar-refractivity contribution in [2.24, 2.45) is 0 Å². The van der Waals surface area contributed by atoms with Crippen LogP contribution in [0.4, 0.5) is 17.1 Å². The van der Waals surface area contributed by atoms with Gasteiger partial charge in [-0.3, -0.25) is 4.79 Å². The average Bonchev–Trinajstić information content (AvgIpc) is 2.60. The maximum absolute atomic E-state index is 12.3. The first-order valence-corrected chi connectivity index (χ1v) is 7.65. The third kappa shape index (κ3) is 3.57. The van der Waals surface area contributed by atoms with Gasteiger partial charge in [-0.05, 0) is 50.2 Å². The Morgan fingerprint density at radius 1 is 0.833 bits per heavy atom. The number of hydrogen-bond donors (Lipinski definition) is 2. The summed E-state index contributed by atoms with van der Waals surface area (Å²) < 4.78 is 0. The average molecular weight is 318 g/mol. The number of aryl methyl sites for hydroxylation is 1. The predicted octanol–water partition coefficient (Wildman–Crippen LogP) is 4.09. The highest BCUT2D eigenvalue weighted by atomic mass is 16.1. The molecule has 1 amide bonds. The van der Waals surface area contributed by atoms with Crippen molar-refractivity contribution in [3.05, 3.63) is 77.9 Å². The minimum Gasteiger partial charge on any atom is -0.356 e. The van der Waals surface area contributed by atoms with Gasteiger partial charge in [-0.2, -0.15) is 0 Å². The third-order valence-electron chi connectivity index (χ3n) is 3.76. The van der Waals surface area contributed by atoms with E-state index in [1.54, 1.807) is 0 Å². The van der Waals surface area contributed by atoms with Gasteiger partial charge < -0.3 is 10.6 Å². The lowest BCUT2D eigenvalue weighted by atomic mass is 10.2. The number of hydrogen-bond acceptors (Lipinski definition) is 4. The lowest BCUT2D eigenvalue weighted by Gasteiger charge is -2.10. The molecule has 120 valence electrons. The number of para-hydroxylation sites is 1. The van der Waals surface area contributed by atoms with Gasteiger partial charge in [-0.25, -0.2) is 9.97 Å². The number of carbonyl (C=O) groups is 1. The molecule has 0 aliphatic carbocycles. The van der Waals surface area contributed by atoms with Crippen molar-refractivity contribution >= 4 is 23.0 Å². The zero-order valence-corrected chi connectivity index (χ0v) is 13.6. The molecule has 0 unspecified atom stereocenters. The molecule has 2 N–H and O–H groups in total. The number of anilines is 3. The SMILES string of the molecule is Cc1ncnc(C(=O)Nc2ccc(Nc3ccccc3)cc2)c1C. The quantitative estimate of drug-likeness (QED) is 0.760. The summed E-state index contributed by atoms with van der Waals surface area (Å²) in [5.74, 6) is -0.234. The number of carbonyl (C=O) groups excluding carboxylic acids is 1. The van der Waals surface area contributed by atoms with E-state index in [1.807, 2.05) is 68.4 Å². The second kappa shape index (κ2) is 6.91. The van der Waals surface area contributed by atoms with E-state index in [0.717, 1.165) is 22.6 Å². The second-order valence-electron chi connectivity index (χ2n) is 5.46. The first-order chi connectivity index (χ1) is 11.6. The van der Waals surface area contributed by atoms with Crippen LogP contribution in [0.25, 0.3) is 0 Å². The zero-order valence-electron chi connectivity index (χ0n) is 13.6. The fourth-order valence-electron chi connectivity index (χ4n) is 2.28. The van der Waals surface area contributed by atoms with Crippen molar-refractivity contribution < 1.29 is 4.79 Å². The number of benzene rings is 2. The summed E-state index contributed by atoms with van der Waals surface area (Å²) in [6.45, 7) is 3.70. The van der Waals surface area contributed by atoms with Gasteiger partial charge in [0.25, 0.3) is 5.91 Å². The number of rotatable bonds is 4. The Hall–Kier alpha value is -3.21. The van der Waals surface area contributed by atoms with E-state index in [4.69, 9.17) is 0 Å². The number of nitrogens with one attached hydrogen (secondary N) is 2. The largest absolute Gasteiger partial charge is 0.356 e. The summed E-state index contributed by atoms with van der Waals surface area (Å²) in [5.41, 5.74) is 4.67. The first kappa shape index (κ1) is 15.7. The van der Waals surface area contributed by atoms with Crippen molar-refractivity contribution in [1.29, 1.82) is 0 Å². The molecular formula is C19H18N4O. The van der Waals surface area contributed by atoms with Crippen molar-refractivity contribution in [2.75, 3.05) is 10.6 Å². The van der Waals surface area contributed by atoms with Crippen LogP contribution in [0.5, 0.6) is 0 Å². The van der Waals surface area contributed by atoms with Crippen LogP contribution in [0.1, 0.15) is 21.7 Å². The minimum atomic E-state index is -0.234. The molecule has 0 aliphatic rings. The number of amides is 1. The molecule has 0 saturated heterocycles. The Balaban J connectivity index is 1.70. The summed E-state index contributed by atoms with van der Waals surface area (Å²) in [6, 6.07) is 17.5. The molecule has 1 heterocycles. The van der Waals surface area contributed by atoms with E-state index >= 15 is 0 Å². The molecule has 24 heavy (non-hydrogen) atoms. The topological polar surface area (TPSA) is 66.9 Å². The van der Waals surface area contributed by atoms with Crippen LogP contribution < -0.4 is 10.6 Å². The zero-order chi connectivity index (χ0) is 16.9. The molecule has 0 fully saturated rings. The molecule has 3 aromatic rings. The molecule has 5 heteroatoms. The molecular weight excluding hydrogens is 300 g/mol. The highest BCUT2D eigenvalue weighted by Gasteiger charge is 2.12. The van der Waals surface area contributed by atoms with Crippen molar-refractivity contribution in [2.45, 2.75) is 13.8 Å². The number of nitrogens with zero attached hydrogens (tertiary/aromatic N) is 2. The van der Waals surface area contributed by atoms with E-state index in [-0.39, 0.29) is 5.91 Å². The predicted molar refractivity (Wildman–Crippen MR) is 95.6 cm³/mol. The van der Waals surface area contributed by atoms with Crippen LogP contribution in [0.15, 0.2) is 60.9 Å². The van der Waals surface area contributed by atoms with Crippen molar-refractivity contribution in [3.63, 3.8) is 0 Å². The summed E-state index contributed by atoms with van der Waals surface area (Å²) in [4.78, 5) is 20.5. The van der Waals surface area contributed by atoms with Crippen LogP contribution in [0.2, 0.25) is 0 Å². The van der Waals surface area contributed by atoms with Gasteiger partial charge in [0.05, 0.1) is 0 Å². The molecule has 5 nitrogen and oxygen atoms in total. The van der Waals surface area contributed by atoms with Crippen LogP contribution >= 0.6 is 0 Å². The van der Waals surface area contributed by atoms with Gasteiger partial charge in [0.1, 0.15) is 12.0 Å².